The number of hydrogen-bond donors (Lipinski definition) is 1. The fourth-order valence-corrected chi connectivity index (χ4v) is 2.25. The van der Waals surface area contributed by atoms with E-state index in [0.717, 1.165) is 12.1 Å². The average molecular weight is 221 g/mol. The molecule has 1 heterocycles. The van der Waals surface area contributed by atoms with Gasteiger partial charge >= 0.3 is 0 Å². The third-order valence-corrected chi connectivity index (χ3v) is 3.36. The van der Waals surface area contributed by atoms with Gasteiger partial charge < -0.3 is 5.32 Å². The van der Waals surface area contributed by atoms with E-state index in [4.69, 9.17) is 0 Å². The number of hydrogen-bond acceptors (Lipinski definition) is 1. The highest BCUT2D eigenvalue weighted by atomic mass is 19.1. The number of nitrogens with one attached hydrogen (secondary N) is 1. The van der Waals surface area contributed by atoms with Crippen LogP contribution in [0.1, 0.15) is 37.3 Å². The first-order valence-corrected chi connectivity index (χ1v) is 6.08. The number of halogens is 1. The second kappa shape index (κ2) is 4.54. The third kappa shape index (κ3) is 2.62. The zero-order valence-electron chi connectivity index (χ0n) is 10.1. The molecule has 1 aliphatic rings. The van der Waals surface area contributed by atoms with Gasteiger partial charge in [-0.3, -0.25) is 0 Å². The standard InChI is InChI=1S/C14H20FN/c1-11(2)13-5-3-12(4-6-13)9-14(15)7-8-16-10-14/h3-6,11,16H,7-10H2,1-2H3. The minimum absolute atomic E-state index is 0.499. The van der Waals surface area contributed by atoms with Gasteiger partial charge in [0.15, 0.2) is 0 Å². The van der Waals surface area contributed by atoms with Crippen LogP contribution in [0.25, 0.3) is 0 Å². The lowest BCUT2D eigenvalue weighted by Gasteiger charge is -2.18. The summed E-state index contributed by atoms with van der Waals surface area (Å²) in [5.74, 6) is 0.543. The van der Waals surface area contributed by atoms with Crippen molar-refractivity contribution in [2.75, 3.05) is 13.1 Å². The average Bonchev–Trinajstić information content (AvgIpc) is 2.65. The molecule has 16 heavy (non-hydrogen) atoms. The molecular weight excluding hydrogens is 201 g/mol. The molecule has 1 N–H and O–H groups in total. The molecule has 2 rings (SSSR count). The van der Waals surface area contributed by atoms with E-state index in [0.29, 0.717) is 25.3 Å². The summed E-state index contributed by atoms with van der Waals surface area (Å²) < 4.78 is 14.2. The Kier molecular flexibility index (Phi) is 3.29. The van der Waals surface area contributed by atoms with Crippen molar-refractivity contribution in [2.24, 2.45) is 0 Å². The van der Waals surface area contributed by atoms with E-state index in [1.165, 1.54) is 5.56 Å². The molecule has 0 amide bonds. The fourth-order valence-electron chi connectivity index (χ4n) is 2.25. The van der Waals surface area contributed by atoms with Crippen molar-refractivity contribution in [2.45, 2.75) is 38.3 Å². The molecule has 1 fully saturated rings. The molecule has 0 radical (unpaired) electrons. The van der Waals surface area contributed by atoms with E-state index in [9.17, 15) is 4.39 Å². The summed E-state index contributed by atoms with van der Waals surface area (Å²) >= 11 is 0. The van der Waals surface area contributed by atoms with Crippen LogP contribution in [-0.4, -0.2) is 18.8 Å². The van der Waals surface area contributed by atoms with E-state index < -0.39 is 5.67 Å². The fraction of sp³-hybridized carbons (Fsp3) is 0.571. The van der Waals surface area contributed by atoms with Gasteiger partial charge in [-0.25, -0.2) is 4.39 Å². The predicted octanol–water partition coefficient (Wildman–Crippen LogP) is 3.05. The molecule has 0 spiro atoms. The van der Waals surface area contributed by atoms with Crippen molar-refractivity contribution in [3.63, 3.8) is 0 Å². The second-order valence-corrected chi connectivity index (χ2v) is 5.15. The van der Waals surface area contributed by atoms with Crippen LogP contribution in [0.15, 0.2) is 24.3 Å². The highest BCUT2D eigenvalue weighted by Gasteiger charge is 2.33. The van der Waals surface area contributed by atoms with Crippen LogP contribution in [0, 0.1) is 0 Å². The van der Waals surface area contributed by atoms with Crippen LogP contribution in [0.2, 0.25) is 0 Å². The maximum absolute atomic E-state index is 14.2. The molecule has 2 heteroatoms. The minimum Gasteiger partial charge on any atom is -0.313 e. The van der Waals surface area contributed by atoms with E-state index >= 15 is 0 Å². The first-order valence-electron chi connectivity index (χ1n) is 6.08. The quantitative estimate of drug-likeness (QED) is 0.827. The number of rotatable bonds is 3. The monoisotopic (exact) mass is 221 g/mol. The molecule has 1 aliphatic heterocycles. The number of benzene rings is 1. The van der Waals surface area contributed by atoms with E-state index in [-0.39, 0.29) is 0 Å². The molecule has 0 aliphatic carbocycles. The molecule has 1 nitrogen and oxygen atoms in total. The van der Waals surface area contributed by atoms with Gasteiger partial charge in [-0.2, -0.15) is 0 Å². The Morgan fingerprint density at radius 3 is 2.50 bits per heavy atom. The van der Waals surface area contributed by atoms with Crippen LogP contribution in [0.3, 0.4) is 0 Å². The van der Waals surface area contributed by atoms with Gasteiger partial charge in [0.25, 0.3) is 0 Å². The zero-order valence-corrected chi connectivity index (χ0v) is 10.1. The van der Waals surface area contributed by atoms with E-state index in [1.54, 1.807) is 0 Å². The molecule has 0 bridgehead atoms. The maximum atomic E-state index is 14.2. The Bertz CT molecular complexity index is 336. The zero-order chi connectivity index (χ0) is 11.6. The molecule has 88 valence electrons. The van der Waals surface area contributed by atoms with Gasteiger partial charge in [-0.15, -0.1) is 0 Å². The normalized spacial score (nSPS) is 25.2. The van der Waals surface area contributed by atoms with E-state index in [2.05, 4.69) is 43.4 Å². The lowest BCUT2D eigenvalue weighted by molar-refractivity contribution is 0.190. The van der Waals surface area contributed by atoms with Gasteiger partial charge in [0.2, 0.25) is 0 Å². The van der Waals surface area contributed by atoms with Crippen LogP contribution in [0.5, 0.6) is 0 Å². The van der Waals surface area contributed by atoms with Crippen molar-refractivity contribution >= 4 is 0 Å². The number of alkyl halides is 1. The predicted molar refractivity (Wildman–Crippen MR) is 65.6 cm³/mol. The van der Waals surface area contributed by atoms with Gasteiger partial charge in [0.1, 0.15) is 5.67 Å². The van der Waals surface area contributed by atoms with Crippen LogP contribution in [0.4, 0.5) is 4.39 Å². The lowest BCUT2D eigenvalue weighted by Crippen LogP contribution is -2.28. The highest BCUT2D eigenvalue weighted by molar-refractivity contribution is 5.26. The van der Waals surface area contributed by atoms with Gasteiger partial charge in [-0.1, -0.05) is 38.1 Å². The molecule has 1 saturated heterocycles. The Balaban J connectivity index is 2.05. The van der Waals surface area contributed by atoms with Gasteiger partial charge in [0.05, 0.1) is 0 Å². The molecule has 1 atom stereocenters. The first kappa shape index (κ1) is 11.6. The van der Waals surface area contributed by atoms with Crippen molar-refractivity contribution in [3.05, 3.63) is 35.4 Å². The minimum atomic E-state index is -1.03. The molecule has 0 saturated carbocycles. The van der Waals surface area contributed by atoms with Gasteiger partial charge in [-0.05, 0) is 30.0 Å². The van der Waals surface area contributed by atoms with Crippen molar-refractivity contribution in [1.29, 1.82) is 0 Å². The van der Waals surface area contributed by atoms with Gasteiger partial charge in [0, 0.05) is 13.0 Å². The summed E-state index contributed by atoms with van der Waals surface area (Å²) in [7, 11) is 0. The summed E-state index contributed by atoms with van der Waals surface area (Å²) in [4.78, 5) is 0. The van der Waals surface area contributed by atoms with Crippen LogP contribution < -0.4 is 5.32 Å². The first-order chi connectivity index (χ1) is 7.59. The molecule has 1 aromatic carbocycles. The lowest BCUT2D eigenvalue weighted by atomic mass is 9.93. The van der Waals surface area contributed by atoms with Crippen molar-refractivity contribution in [3.8, 4) is 0 Å². The summed E-state index contributed by atoms with van der Waals surface area (Å²) in [6.07, 6.45) is 1.18. The summed E-state index contributed by atoms with van der Waals surface area (Å²) in [6.45, 7) is 5.65. The van der Waals surface area contributed by atoms with E-state index in [1.807, 2.05) is 0 Å². The Labute approximate surface area is 97.1 Å². The highest BCUT2D eigenvalue weighted by Crippen LogP contribution is 2.25. The second-order valence-electron chi connectivity index (χ2n) is 5.15. The Morgan fingerprint density at radius 2 is 2.00 bits per heavy atom. The van der Waals surface area contributed by atoms with Crippen molar-refractivity contribution < 1.29 is 4.39 Å². The summed E-state index contributed by atoms with van der Waals surface area (Å²) in [6, 6.07) is 8.36. The largest absolute Gasteiger partial charge is 0.313 e. The van der Waals surface area contributed by atoms with Crippen LogP contribution >= 0.6 is 0 Å². The Hall–Kier alpha value is -0.890. The third-order valence-electron chi connectivity index (χ3n) is 3.36. The summed E-state index contributed by atoms with van der Waals surface area (Å²) in [5.41, 5.74) is 1.40. The van der Waals surface area contributed by atoms with Crippen molar-refractivity contribution in [1.82, 2.24) is 5.32 Å². The molecular formula is C14H20FN. The molecule has 1 aromatic rings. The smallest absolute Gasteiger partial charge is 0.128 e. The maximum Gasteiger partial charge on any atom is 0.128 e. The topological polar surface area (TPSA) is 12.0 Å². The summed E-state index contributed by atoms with van der Waals surface area (Å²) in [5, 5.41) is 3.09. The SMILES string of the molecule is CC(C)c1ccc(CC2(F)CCNC2)cc1. The molecule has 1 unspecified atom stereocenters. The molecule has 0 aromatic heterocycles. The van der Waals surface area contributed by atoms with Crippen LogP contribution in [-0.2, 0) is 6.42 Å². The Morgan fingerprint density at radius 1 is 1.31 bits per heavy atom.